The maximum atomic E-state index is 11.6. The van der Waals surface area contributed by atoms with Gasteiger partial charge >= 0.3 is 5.97 Å². The van der Waals surface area contributed by atoms with Crippen molar-refractivity contribution >= 4 is 23.7 Å². The van der Waals surface area contributed by atoms with E-state index in [0.717, 1.165) is 10.9 Å². The Balaban J connectivity index is 1.81. The molecule has 1 aromatic heterocycles. The smallest absolute Gasteiger partial charge is 0.358 e. The first-order valence-electron chi connectivity index (χ1n) is 6.19. The van der Waals surface area contributed by atoms with Crippen LogP contribution in [-0.2, 0) is 20.9 Å². The fourth-order valence-corrected chi connectivity index (χ4v) is 1.90. The second-order valence-corrected chi connectivity index (χ2v) is 4.50. The summed E-state index contributed by atoms with van der Waals surface area (Å²) in [5.41, 5.74) is -0.295. The molecule has 21 heavy (non-hydrogen) atoms. The Morgan fingerprint density at radius 2 is 2.00 bits per heavy atom. The third-order valence-corrected chi connectivity index (χ3v) is 2.85. The number of aromatic carboxylic acids is 1. The van der Waals surface area contributed by atoms with Crippen LogP contribution in [0, 0.1) is 0 Å². The quantitative estimate of drug-likeness (QED) is 0.657. The second kappa shape index (κ2) is 6.11. The molecule has 1 aromatic rings. The first-order chi connectivity index (χ1) is 9.95. The fraction of sp³-hybridized carbons (Fsp3) is 0.455. The monoisotopic (exact) mass is 295 g/mol. The minimum Gasteiger partial charge on any atom is -0.476 e. The Kier molecular flexibility index (Phi) is 4.26. The Morgan fingerprint density at radius 3 is 2.57 bits per heavy atom. The molecule has 10 nitrogen and oxygen atoms in total. The van der Waals surface area contributed by atoms with Gasteiger partial charge in [0.15, 0.2) is 5.69 Å². The molecule has 1 aliphatic heterocycles. The highest BCUT2D eigenvalue weighted by atomic mass is 16.4. The number of nitrogens with one attached hydrogen (secondary N) is 1. The number of hydrogen-bond acceptors (Lipinski definition) is 6. The van der Waals surface area contributed by atoms with E-state index in [2.05, 4.69) is 15.6 Å². The van der Waals surface area contributed by atoms with E-state index in [4.69, 9.17) is 5.11 Å². The standard InChI is InChI=1S/C11H13N5O5/c17-8(5-15-3-1-2-10(15)19)12-9(18)6-16-4-7(11(20)21)13-14-16/h4H,1-3,5-6H2,(H,20,21)(H,12,17,18). The fourth-order valence-electron chi connectivity index (χ4n) is 1.90. The van der Waals surface area contributed by atoms with Crippen LogP contribution in [0.1, 0.15) is 23.3 Å². The van der Waals surface area contributed by atoms with Crippen molar-refractivity contribution in [2.45, 2.75) is 19.4 Å². The molecule has 0 bridgehead atoms. The van der Waals surface area contributed by atoms with Crippen molar-refractivity contribution in [1.82, 2.24) is 25.2 Å². The first kappa shape index (κ1) is 14.6. The highest BCUT2D eigenvalue weighted by molar-refractivity contribution is 5.97. The van der Waals surface area contributed by atoms with Crippen molar-refractivity contribution in [3.05, 3.63) is 11.9 Å². The van der Waals surface area contributed by atoms with Crippen molar-refractivity contribution in [3.8, 4) is 0 Å². The number of hydrogen-bond donors (Lipinski definition) is 2. The van der Waals surface area contributed by atoms with Crippen LogP contribution in [0.25, 0.3) is 0 Å². The highest BCUT2D eigenvalue weighted by Crippen LogP contribution is 2.08. The average molecular weight is 295 g/mol. The molecule has 2 rings (SSSR count). The summed E-state index contributed by atoms with van der Waals surface area (Å²) in [6.45, 7) is 0.00770. The molecular weight excluding hydrogens is 282 g/mol. The summed E-state index contributed by atoms with van der Waals surface area (Å²) in [5.74, 6) is -2.62. The lowest BCUT2D eigenvalue weighted by Crippen LogP contribution is -2.41. The minimum atomic E-state index is -1.26. The third kappa shape index (κ3) is 3.84. The Morgan fingerprint density at radius 1 is 1.29 bits per heavy atom. The summed E-state index contributed by atoms with van der Waals surface area (Å²) in [6.07, 6.45) is 2.20. The van der Waals surface area contributed by atoms with Gasteiger partial charge in [-0.1, -0.05) is 5.21 Å². The number of carbonyl (C=O) groups excluding carboxylic acids is 3. The number of likely N-dealkylation sites (tertiary alicyclic amines) is 1. The van der Waals surface area contributed by atoms with Crippen molar-refractivity contribution in [3.63, 3.8) is 0 Å². The molecule has 0 saturated carbocycles. The Labute approximate surface area is 118 Å². The molecular formula is C11H13N5O5. The molecule has 1 fully saturated rings. The van der Waals surface area contributed by atoms with Crippen LogP contribution in [0.4, 0.5) is 0 Å². The van der Waals surface area contributed by atoms with Crippen molar-refractivity contribution in [1.29, 1.82) is 0 Å². The van der Waals surface area contributed by atoms with Crippen LogP contribution >= 0.6 is 0 Å². The van der Waals surface area contributed by atoms with Crippen LogP contribution in [-0.4, -0.2) is 61.8 Å². The zero-order chi connectivity index (χ0) is 15.4. The number of nitrogens with zero attached hydrogens (tertiary/aromatic N) is 4. The van der Waals surface area contributed by atoms with Crippen LogP contribution in [0.2, 0.25) is 0 Å². The molecule has 0 atom stereocenters. The predicted octanol–water partition coefficient (Wildman–Crippen LogP) is -1.76. The summed E-state index contributed by atoms with van der Waals surface area (Å²) in [4.78, 5) is 46.5. The van der Waals surface area contributed by atoms with E-state index < -0.39 is 17.8 Å². The van der Waals surface area contributed by atoms with Crippen molar-refractivity contribution in [2.24, 2.45) is 0 Å². The van der Waals surface area contributed by atoms with E-state index in [-0.39, 0.29) is 24.7 Å². The number of amides is 3. The lowest BCUT2D eigenvalue weighted by atomic mass is 10.4. The van der Waals surface area contributed by atoms with Crippen LogP contribution in [0.3, 0.4) is 0 Å². The topological polar surface area (TPSA) is 134 Å². The highest BCUT2D eigenvalue weighted by Gasteiger charge is 2.23. The van der Waals surface area contributed by atoms with Gasteiger partial charge in [0, 0.05) is 13.0 Å². The SMILES string of the molecule is O=C(CN1CCCC1=O)NC(=O)Cn1cc(C(=O)O)nn1. The zero-order valence-corrected chi connectivity index (χ0v) is 11.0. The Bertz CT molecular complexity index is 596. The zero-order valence-electron chi connectivity index (χ0n) is 11.0. The van der Waals surface area contributed by atoms with Crippen LogP contribution in [0.5, 0.6) is 0 Å². The lowest BCUT2D eigenvalue weighted by Gasteiger charge is -2.14. The largest absolute Gasteiger partial charge is 0.476 e. The van der Waals surface area contributed by atoms with Crippen molar-refractivity contribution in [2.75, 3.05) is 13.1 Å². The number of imide groups is 1. The number of carboxylic acids is 1. The van der Waals surface area contributed by atoms with Crippen LogP contribution in [0.15, 0.2) is 6.20 Å². The molecule has 0 aromatic carbocycles. The predicted molar refractivity (Wildman–Crippen MR) is 65.9 cm³/mol. The molecule has 2 N–H and O–H groups in total. The van der Waals surface area contributed by atoms with E-state index >= 15 is 0 Å². The lowest BCUT2D eigenvalue weighted by molar-refractivity contribution is -0.136. The van der Waals surface area contributed by atoms with Gasteiger partial charge in [-0.15, -0.1) is 5.10 Å². The molecule has 2 heterocycles. The van der Waals surface area contributed by atoms with E-state index in [0.29, 0.717) is 19.4 Å². The molecule has 10 heteroatoms. The summed E-state index contributed by atoms with van der Waals surface area (Å²) < 4.78 is 1.01. The third-order valence-electron chi connectivity index (χ3n) is 2.85. The minimum absolute atomic E-state index is 0.111. The summed E-state index contributed by atoms with van der Waals surface area (Å²) in [7, 11) is 0. The van der Waals surface area contributed by atoms with Gasteiger partial charge in [0.25, 0.3) is 0 Å². The number of carbonyl (C=O) groups is 4. The van der Waals surface area contributed by atoms with E-state index in [1.165, 1.54) is 4.90 Å². The maximum absolute atomic E-state index is 11.6. The van der Waals surface area contributed by atoms with E-state index in [1.54, 1.807) is 0 Å². The normalized spacial score (nSPS) is 14.3. The van der Waals surface area contributed by atoms with Gasteiger partial charge in [0.2, 0.25) is 17.7 Å². The summed E-state index contributed by atoms with van der Waals surface area (Å²) in [6, 6.07) is 0. The van der Waals surface area contributed by atoms with Gasteiger partial charge < -0.3 is 10.0 Å². The van der Waals surface area contributed by atoms with Gasteiger partial charge in [-0.2, -0.15) is 0 Å². The molecule has 0 aliphatic carbocycles. The second-order valence-electron chi connectivity index (χ2n) is 4.50. The first-order valence-corrected chi connectivity index (χ1v) is 6.19. The summed E-state index contributed by atoms with van der Waals surface area (Å²) >= 11 is 0. The van der Waals surface area contributed by atoms with Crippen molar-refractivity contribution < 1.29 is 24.3 Å². The molecule has 0 unspecified atom stereocenters. The molecule has 0 spiro atoms. The van der Waals surface area contributed by atoms with Gasteiger partial charge in [-0.25, -0.2) is 9.48 Å². The molecule has 1 aliphatic rings. The Hall–Kier alpha value is -2.78. The number of rotatable bonds is 5. The summed E-state index contributed by atoms with van der Waals surface area (Å²) in [5, 5.41) is 17.5. The van der Waals surface area contributed by atoms with Gasteiger partial charge in [-0.05, 0) is 6.42 Å². The van der Waals surface area contributed by atoms with Crippen LogP contribution < -0.4 is 5.32 Å². The molecule has 1 saturated heterocycles. The number of carboxylic acid groups (broad SMARTS) is 1. The maximum Gasteiger partial charge on any atom is 0.358 e. The van der Waals surface area contributed by atoms with Gasteiger partial charge in [0.1, 0.15) is 6.54 Å². The van der Waals surface area contributed by atoms with Gasteiger partial charge in [-0.3, -0.25) is 19.7 Å². The average Bonchev–Trinajstić information content (AvgIpc) is 2.99. The molecule has 112 valence electrons. The van der Waals surface area contributed by atoms with E-state index in [1.807, 2.05) is 0 Å². The number of aromatic nitrogens is 3. The molecule has 3 amide bonds. The van der Waals surface area contributed by atoms with Gasteiger partial charge in [0.05, 0.1) is 12.7 Å². The molecule has 0 radical (unpaired) electrons. The van der Waals surface area contributed by atoms with E-state index in [9.17, 15) is 19.2 Å².